The number of ether oxygens (including phenoxy) is 1. The normalized spacial score (nSPS) is 47.5. The first-order valence-corrected chi connectivity index (χ1v) is 5.65. The summed E-state index contributed by atoms with van der Waals surface area (Å²) in [7, 11) is 2.28. The molecule has 1 aliphatic heterocycles. The first kappa shape index (κ1) is 8.25. The minimum Gasteiger partial charge on any atom is -0.372 e. The Balaban J connectivity index is 1.58. The molecule has 1 heterocycles. The fourth-order valence-corrected chi connectivity index (χ4v) is 3.38. The van der Waals surface area contributed by atoms with E-state index in [4.69, 9.17) is 4.74 Å². The Morgan fingerprint density at radius 2 is 2.15 bits per heavy atom. The third-order valence-electron chi connectivity index (χ3n) is 4.16. The zero-order valence-corrected chi connectivity index (χ0v) is 8.41. The van der Waals surface area contributed by atoms with Crippen LogP contribution >= 0.6 is 0 Å². The molecule has 0 aromatic heterocycles. The Bertz CT molecular complexity index is 202. The van der Waals surface area contributed by atoms with Crippen molar-refractivity contribution in [2.24, 2.45) is 11.8 Å². The summed E-state index contributed by atoms with van der Waals surface area (Å²) in [6.07, 6.45) is 6.55. The second kappa shape index (κ2) is 2.96. The fourth-order valence-electron chi connectivity index (χ4n) is 3.38. The van der Waals surface area contributed by atoms with Gasteiger partial charge in [0.05, 0.1) is 12.7 Å². The lowest BCUT2D eigenvalue weighted by Crippen LogP contribution is -2.38. The zero-order chi connectivity index (χ0) is 8.84. The topological polar surface area (TPSA) is 15.8 Å². The molecule has 0 amide bonds. The van der Waals surface area contributed by atoms with Crippen LogP contribution in [0.3, 0.4) is 0 Å². The summed E-state index contributed by atoms with van der Waals surface area (Å²) in [4.78, 5) is 2.56. The van der Waals surface area contributed by atoms with Crippen LogP contribution in [0.4, 0.5) is 0 Å². The van der Waals surface area contributed by atoms with E-state index in [0.29, 0.717) is 6.10 Å². The summed E-state index contributed by atoms with van der Waals surface area (Å²) in [6, 6.07) is 0.892. The quantitative estimate of drug-likeness (QED) is 0.613. The molecule has 3 rings (SSSR count). The third-order valence-corrected chi connectivity index (χ3v) is 4.16. The van der Waals surface area contributed by atoms with E-state index < -0.39 is 0 Å². The highest BCUT2D eigenvalue weighted by atomic mass is 16.6. The number of fused-ring (bicyclic) bond motifs is 2. The van der Waals surface area contributed by atoms with Crippen molar-refractivity contribution in [3.05, 3.63) is 0 Å². The zero-order valence-electron chi connectivity index (χ0n) is 8.41. The Labute approximate surface area is 80.2 Å². The van der Waals surface area contributed by atoms with Crippen molar-refractivity contribution in [1.82, 2.24) is 4.90 Å². The second-order valence-corrected chi connectivity index (χ2v) is 5.14. The van der Waals surface area contributed by atoms with Crippen LogP contribution in [0.5, 0.6) is 0 Å². The van der Waals surface area contributed by atoms with E-state index in [2.05, 4.69) is 11.9 Å². The lowest BCUT2D eigenvalue weighted by molar-refractivity contribution is 0.163. The molecule has 3 fully saturated rings. The van der Waals surface area contributed by atoms with Gasteiger partial charge < -0.3 is 9.64 Å². The molecule has 4 atom stereocenters. The molecule has 2 heteroatoms. The van der Waals surface area contributed by atoms with Crippen molar-refractivity contribution in [1.29, 1.82) is 0 Å². The van der Waals surface area contributed by atoms with Gasteiger partial charge in [-0.1, -0.05) is 6.42 Å². The predicted molar refractivity (Wildman–Crippen MR) is 51.6 cm³/mol. The minimum atomic E-state index is 0.573. The number of likely N-dealkylation sites (N-methyl/N-ethyl adjacent to an activating group) is 1. The van der Waals surface area contributed by atoms with Crippen LogP contribution in [0.25, 0.3) is 0 Å². The summed E-state index contributed by atoms with van der Waals surface area (Å²) in [6.45, 7) is 2.18. The lowest BCUT2D eigenvalue weighted by atomic mass is 9.94. The van der Waals surface area contributed by atoms with Crippen LogP contribution in [0, 0.1) is 11.8 Å². The Kier molecular flexibility index (Phi) is 1.88. The minimum absolute atomic E-state index is 0.573. The molecule has 0 aromatic rings. The first-order valence-electron chi connectivity index (χ1n) is 5.65. The molecule has 3 aliphatic rings. The molecule has 4 unspecified atom stereocenters. The average molecular weight is 181 g/mol. The van der Waals surface area contributed by atoms with Crippen molar-refractivity contribution in [2.45, 2.75) is 37.8 Å². The first-order chi connectivity index (χ1) is 6.33. The van der Waals surface area contributed by atoms with Crippen LogP contribution in [-0.4, -0.2) is 37.2 Å². The van der Waals surface area contributed by atoms with E-state index in [-0.39, 0.29) is 0 Å². The molecule has 0 aromatic carbocycles. The van der Waals surface area contributed by atoms with Crippen LogP contribution in [0.15, 0.2) is 0 Å². The van der Waals surface area contributed by atoms with Crippen LogP contribution in [0.1, 0.15) is 25.7 Å². The van der Waals surface area contributed by atoms with Gasteiger partial charge in [0.2, 0.25) is 0 Å². The van der Waals surface area contributed by atoms with Gasteiger partial charge in [-0.25, -0.2) is 0 Å². The van der Waals surface area contributed by atoms with E-state index in [1.54, 1.807) is 0 Å². The van der Waals surface area contributed by atoms with Crippen molar-refractivity contribution in [3.63, 3.8) is 0 Å². The standard InChI is InChI=1S/C11H19NO/c1-12(6-10-7-13-10)11-5-8-2-3-9(11)4-8/h8-11H,2-7H2,1H3. The van der Waals surface area contributed by atoms with Gasteiger partial charge in [0, 0.05) is 12.6 Å². The molecule has 1 saturated heterocycles. The van der Waals surface area contributed by atoms with Crippen molar-refractivity contribution in [2.75, 3.05) is 20.2 Å². The van der Waals surface area contributed by atoms with E-state index in [9.17, 15) is 0 Å². The Morgan fingerprint density at radius 3 is 2.69 bits per heavy atom. The molecule has 0 radical (unpaired) electrons. The van der Waals surface area contributed by atoms with Gasteiger partial charge in [-0.05, 0) is 38.1 Å². The van der Waals surface area contributed by atoms with Gasteiger partial charge in [0.15, 0.2) is 0 Å². The van der Waals surface area contributed by atoms with Gasteiger partial charge in [-0.15, -0.1) is 0 Å². The molecule has 2 nitrogen and oxygen atoms in total. The summed E-state index contributed by atoms with van der Waals surface area (Å²) >= 11 is 0. The molecule has 0 spiro atoms. The monoisotopic (exact) mass is 181 g/mol. The van der Waals surface area contributed by atoms with Crippen LogP contribution in [-0.2, 0) is 4.74 Å². The lowest BCUT2D eigenvalue weighted by Gasteiger charge is -2.30. The molecule has 74 valence electrons. The van der Waals surface area contributed by atoms with E-state index in [1.165, 1.54) is 32.2 Å². The Morgan fingerprint density at radius 1 is 1.31 bits per heavy atom. The van der Waals surface area contributed by atoms with Crippen molar-refractivity contribution < 1.29 is 4.74 Å². The molecular formula is C11H19NO. The van der Waals surface area contributed by atoms with Crippen LogP contribution < -0.4 is 0 Å². The van der Waals surface area contributed by atoms with Crippen molar-refractivity contribution in [3.8, 4) is 0 Å². The van der Waals surface area contributed by atoms with E-state index in [1.807, 2.05) is 0 Å². The molecule has 0 N–H and O–H groups in total. The number of epoxide rings is 1. The summed E-state index contributed by atoms with van der Waals surface area (Å²) in [5, 5.41) is 0. The molecular weight excluding hydrogens is 162 g/mol. The van der Waals surface area contributed by atoms with Gasteiger partial charge in [0.25, 0.3) is 0 Å². The SMILES string of the molecule is CN(CC1CO1)C1CC2CCC1C2. The molecule has 13 heavy (non-hydrogen) atoms. The van der Waals surface area contributed by atoms with Gasteiger partial charge in [0.1, 0.15) is 0 Å². The van der Waals surface area contributed by atoms with Crippen LogP contribution in [0.2, 0.25) is 0 Å². The summed E-state index contributed by atoms with van der Waals surface area (Å²) in [5.41, 5.74) is 0. The largest absolute Gasteiger partial charge is 0.372 e. The van der Waals surface area contributed by atoms with Gasteiger partial charge in [-0.2, -0.15) is 0 Å². The average Bonchev–Trinajstić information content (AvgIpc) is 2.71. The highest BCUT2D eigenvalue weighted by Crippen LogP contribution is 2.46. The smallest absolute Gasteiger partial charge is 0.0936 e. The number of hydrogen-bond acceptors (Lipinski definition) is 2. The second-order valence-electron chi connectivity index (χ2n) is 5.14. The maximum atomic E-state index is 5.28. The fraction of sp³-hybridized carbons (Fsp3) is 1.00. The number of nitrogens with zero attached hydrogens (tertiary/aromatic N) is 1. The van der Waals surface area contributed by atoms with E-state index >= 15 is 0 Å². The molecule has 2 aliphatic carbocycles. The maximum Gasteiger partial charge on any atom is 0.0936 e. The predicted octanol–water partition coefficient (Wildman–Crippen LogP) is 1.51. The Hall–Kier alpha value is -0.0800. The maximum absolute atomic E-state index is 5.28. The van der Waals surface area contributed by atoms with Gasteiger partial charge in [-0.3, -0.25) is 0 Å². The highest BCUT2D eigenvalue weighted by molar-refractivity contribution is 4.95. The molecule has 2 bridgehead atoms. The number of hydrogen-bond donors (Lipinski definition) is 0. The number of rotatable bonds is 3. The van der Waals surface area contributed by atoms with Gasteiger partial charge >= 0.3 is 0 Å². The third kappa shape index (κ3) is 1.50. The van der Waals surface area contributed by atoms with Crippen molar-refractivity contribution >= 4 is 0 Å². The summed E-state index contributed by atoms with van der Waals surface area (Å²) < 4.78 is 5.28. The van der Waals surface area contributed by atoms with E-state index in [0.717, 1.165) is 24.5 Å². The summed E-state index contributed by atoms with van der Waals surface area (Å²) in [5.74, 6) is 2.09. The molecule has 2 saturated carbocycles. The highest BCUT2D eigenvalue weighted by Gasteiger charge is 2.42.